The molecule has 3 nitrogen and oxygen atoms in total. The maximum absolute atomic E-state index is 12.0. The van der Waals surface area contributed by atoms with Gasteiger partial charge in [-0.3, -0.25) is 4.79 Å². The zero-order valence-corrected chi connectivity index (χ0v) is 10.2. The zero-order chi connectivity index (χ0) is 14.1. The number of hydrogen-bond acceptors (Lipinski definition) is 3. The number of halogens is 3. The van der Waals surface area contributed by atoms with E-state index in [4.69, 9.17) is 4.74 Å². The average Bonchev–Trinajstić information content (AvgIpc) is 3.09. The molecule has 1 aromatic carbocycles. The van der Waals surface area contributed by atoms with E-state index in [1.54, 1.807) is 19.1 Å². The minimum absolute atomic E-state index is 0.254. The Kier molecular flexibility index (Phi) is 3.43. The number of carbonyl (C=O) groups is 1. The van der Waals surface area contributed by atoms with Gasteiger partial charge in [0.1, 0.15) is 11.9 Å². The largest absolute Gasteiger partial charge is 0.573 e. The van der Waals surface area contributed by atoms with E-state index in [0.717, 1.165) is 18.4 Å². The molecule has 0 N–H and O–H groups in total. The smallest absolute Gasteiger partial charge is 0.464 e. The van der Waals surface area contributed by atoms with Crippen LogP contribution in [0.2, 0.25) is 0 Å². The number of carbonyl (C=O) groups excluding carboxylic acids is 1. The lowest BCUT2D eigenvalue weighted by atomic mass is 9.91. The molecule has 104 valence electrons. The van der Waals surface area contributed by atoms with Crippen LogP contribution >= 0.6 is 0 Å². The predicted octanol–water partition coefficient (Wildman–Crippen LogP) is 3.18. The molecule has 0 amide bonds. The van der Waals surface area contributed by atoms with Gasteiger partial charge in [0.05, 0.1) is 0 Å². The molecule has 1 aromatic rings. The van der Waals surface area contributed by atoms with Crippen LogP contribution in [0.3, 0.4) is 0 Å². The standard InChI is InChI=1S/C13H13F3O3/c1-9(18-8-17)12(6-7-12)10-2-4-11(5-3-10)19-13(14,15)16/h2-5,8-9H,6-7H2,1H3. The number of rotatable bonds is 5. The van der Waals surface area contributed by atoms with Crippen molar-refractivity contribution < 1.29 is 27.4 Å². The fourth-order valence-corrected chi connectivity index (χ4v) is 2.27. The maximum atomic E-state index is 12.0. The molecule has 1 atom stereocenters. The van der Waals surface area contributed by atoms with E-state index in [-0.39, 0.29) is 17.3 Å². The van der Waals surface area contributed by atoms with Gasteiger partial charge in [0.25, 0.3) is 6.47 Å². The Bertz CT molecular complexity index is 449. The van der Waals surface area contributed by atoms with Gasteiger partial charge < -0.3 is 9.47 Å². The van der Waals surface area contributed by atoms with Gasteiger partial charge in [-0.25, -0.2) is 0 Å². The van der Waals surface area contributed by atoms with Crippen LogP contribution < -0.4 is 4.74 Å². The summed E-state index contributed by atoms with van der Waals surface area (Å²) in [4.78, 5) is 10.4. The summed E-state index contributed by atoms with van der Waals surface area (Å²) in [5.74, 6) is -0.254. The molecule has 1 unspecified atom stereocenters. The van der Waals surface area contributed by atoms with Gasteiger partial charge in [-0.05, 0) is 37.5 Å². The fraction of sp³-hybridized carbons (Fsp3) is 0.462. The minimum Gasteiger partial charge on any atom is -0.464 e. The highest BCUT2D eigenvalue weighted by atomic mass is 19.4. The molecule has 1 aliphatic carbocycles. The van der Waals surface area contributed by atoms with Gasteiger partial charge in [-0.2, -0.15) is 0 Å². The summed E-state index contributed by atoms with van der Waals surface area (Å²) in [7, 11) is 0. The second-order valence-corrected chi connectivity index (χ2v) is 4.60. The van der Waals surface area contributed by atoms with Crippen LogP contribution in [0.25, 0.3) is 0 Å². The molecule has 19 heavy (non-hydrogen) atoms. The van der Waals surface area contributed by atoms with E-state index in [9.17, 15) is 18.0 Å². The van der Waals surface area contributed by atoms with Crippen molar-refractivity contribution in [2.45, 2.75) is 37.6 Å². The van der Waals surface area contributed by atoms with E-state index in [0.29, 0.717) is 6.47 Å². The Morgan fingerprint density at radius 1 is 1.26 bits per heavy atom. The first-order chi connectivity index (χ1) is 8.87. The van der Waals surface area contributed by atoms with Crippen LogP contribution in [0, 0.1) is 0 Å². The van der Waals surface area contributed by atoms with Crippen LogP contribution in [0.4, 0.5) is 13.2 Å². The lowest BCUT2D eigenvalue weighted by Gasteiger charge is -2.22. The quantitative estimate of drug-likeness (QED) is 0.774. The van der Waals surface area contributed by atoms with Crippen molar-refractivity contribution in [3.63, 3.8) is 0 Å². The summed E-state index contributed by atoms with van der Waals surface area (Å²) in [6, 6.07) is 5.71. The number of benzene rings is 1. The van der Waals surface area contributed by atoms with Crippen LogP contribution in [0.15, 0.2) is 24.3 Å². The van der Waals surface area contributed by atoms with Gasteiger partial charge in [0.15, 0.2) is 0 Å². The molecular weight excluding hydrogens is 261 g/mol. The first-order valence-corrected chi connectivity index (χ1v) is 5.83. The Balaban J connectivity index is 2.12. The fourth-order valence-electron chi connectivity index (χ4n) is 2.27. The molecule has 1 aliphatic rings. The summed E-state index contributed by atoms with van der Waals surface area (Å²) >= 11 is 0. The highest BCUT2D eigenvalue weighted by Gasteiger charge is 2.50. The molecule has 6 heteroatoms. The molecule has 0 radical (unpaired) electrons. The third-order valence-corrected chi connectivity index (χ3v) is 3.49. The first-order valence-electron chi connectivity index (χ1n) is 5.83. The van der Waals surface area contributed by atoms with Gasteiger partial charge in [0.2, 0.25) is 0 Å². The second-order valence-electron chi connectivity index (χ2n) is 4.60. The molecule has 0 aromatic heterocycles. The van der Waals surface area contributed by atoms with Crippen LogP contribution in [-0.4, -0.2) is 18.9 Å². The van der Waals surface area contributed by atoms with Gasteiger partial charge in [0, 0.05) is 5.41 Å². The molecule has 0 spiro atoms. The third-order valence-electron chi connectivity index (χ3n) is 3.49. The predicted molar refractivity (Wildman–Crippen MR) is 60.6 cm³/mol. The van der Waals surface area contributed by atoms with Crippen molar-refractivity contribution in [3.05, 3.63) is 29.8 Å². The Labute approximate surface area is 108 Å². The second kappa shape index (κ2) is 4.75. The Morgan fingerprint density at radius 3 is 2.26 bits per heavy atom. The summed E-state index contributed by atoms with van der Waals surface area (Å²) in [5, 5.41) is 0. The minimum atomic E-state index is -4.69. The summed E-state index contributed by atoms with van der Waals surface area (Å²) < 4.78 is 44.9. The summed E-state index contributed by atoms with van der Waals surface area (Å²) in [5.41, 5.74) is 0.592. The molecule has 0 bridgehead atoms. The number of ether oxygens (including phenoxy) is 2. The topological polar surface area (TPSA) is 35.5 Å². The van der Waals surface area contributed by atoms with Crippen molar-refractivity contribution >= 4 is 6.47 Å². The summed E-state index contributed by atoms with van der Waals surface area (Å²) in [6.45, 7) is 2.17. The Hall–Kier alpha value is -1.72. The van der Waals surface area contributed by atoms with Crippen LogP contribution in [0.5, 0.6) is 5.75 Å². The molecule has 2 rings (SSSR count). The lowest BCUT2D eigenvalue weighted by Crippen LogP contribution is -2.25. The SMILES string of the molecule is CC(OC=O)C1(c2ccc(OC(F)(F)F)cc2)CC1. The normalized spacial score (nSPS) is 18.5. The van der Waals surface area contributed by atoms with Crippen molar-refractivity contribution in [1.82, 2.24) is 0 Å². The van der Waals surface area contributed by atoms with Gasteiger partial charge >= 0.3 is 6.36 Å². The molecule has 1 fully saturated rings. The van der Waals surface area contributed by atoms with E-state index in [1.807, 2.05) is 0 Å². The number of alkyl halides is 3. The molecule has 0 saturated heterocycles. The molecular formula is C13H13F3O3. The Morgan fingerprint density at radius 2 is 1.84 bits per heavy atom. The van der Waals surface area contributed by atoms with Crippen molar-refractivity contribution in [3.8, 4) is 5.75 Å². The number of hydrogen-bond donors (Lipinski definition) is 0. The molecule has 0 heterocycles. The van der Waals surface area contributed by atoms with Gasteiger partial charge in [-0.15, -0.1) is 13.2 Å². The third kappa shape index (κ3) is 3.00. The zero-order valence-electron chi connectivity index (χ0n) is 10.2. The van der Waals surface area contributed by atoms with E-state index in [2.05, 4.69) is 4.74 Å². The van der Waals surface area contributed by atoms with Crippen LogP contribution in [-0.2, 0) is 14.9 Å². The van der Waals surface area contributed by atoms with Crippen molar-refractivity contribution in [1.29, 1.82) is 0 Å². The lowest BCUT2D eigenvalue weighted by molar-refractivity contribution is -0.274. The highest BCUT2D eigenvalue weighted by Crippen LogP contribution is 2.52. The van der Waals surface area contributed by atoms with E-state index in [1.165, 1.54) is 12.1 Å². The highest BCUT2D eigenvalue weighted by molar-refractivity contribution is 5.41. The van der Waals surface area contributed by atoms with Gasteiger partial charge in [-0.1, -0.05) is 12.1 Å². The monoisotopic (exact) mass is 274 g/mol. The molecule has 0 aliphatic heterocycles. The van der Waals surface area contributed by atoms with Crippen LogP contribution in [0.1, 0.15) is 25.3 Å². The summed E-state index contributed by atoms with van der Waals surface area (Å²) in [6.07, 6.45) is -3.28. The van der Waals surface area contributed by atoms with E-state index < -0.39 is 6.36 Å². The maximum Gasteiger partial charge on any atom is 0.573 e. The molecule has 1 saturated carbocycles. The van der Waals surface area contributed by atoms with E-state index >= 15 is 0 Å². The average molecular weight is 274 g/mol. The van der Waals surface area contributed by atoms with Crippen molar-refractivity contribution in [2.24, 2.45) is 0 Å². The van der Waals surface area contributed by atoms with Crippen molar-refractivity contribution in [2.75, 3.05) is 0 Å². The first kappa shape index (κ1) is 13.7.